The van der Waals surface area contributed by atoms with Gasteiger partial charge < -0.3 is 14.7 Å². The highest BCUT2D eigenvalue weighted by molar-refractivity contribution is 5.84. The summed E-state index contributed by atoms with van der Waals surface area (Å²) in [6.45, 7) is 4.27. The summed E-state index contributed by atoms with van der Waals surface area (Å²) in [5.74, 6) is -1.92. The minimum atomic E-state index is -4.93. The Morgan fingerprint density at radius 2 is 1.92 bits per heavy atom. The summed E-state index contributed by atoms with van der Waals surface area (Å²) < 4.78 is 45.2. The van der Waals surface area contributed by atoms with Crippen LogP contribution in [0.25, 0.3) is 0 Å². The fourth-order valence-corrected chi connectivity index (χ4v) is 2.98. The molecule has 0 radical (unpaired) electrons. The molecule has 1 aliphatic heterocycles. The van der Waals surface area contributed by atoms with Gasteiger partial charge in [0.2, 0.25) is 0 Å². The lowest BCUT2D eigenvalue weighted by Crippen LogP contribution is -2.49. The average molecular weight is 373 g/mol. The number of carboxylic acid groups (broad SMARTS) is 1. The summed E-state index contributed by atoms with van der Waals surface area (Å²) in [5.41, 5.74) is -1.91. The van der Waals surface area contributed by atoms with E-state index in [9.17, 15) is 22.8 Å². The van der Waals surface area contributed by atoms with Crippen molar-refractivity contribution in [3.8, 4) is 5.75 Å². The molecule has 2 rings (SSSR count). The predicted molar refractivity (Wildman–Crippen MR) is 87.9 cm³/mol. The fourth-order valence-electron chi connectivity index (χ4n) is 2.98. The lowest BCUT2D eigenvalue weighted by Gasteiger charge is -2.28. The van der Waals surface area contributed by atoms with Gasteiger partial charge in [0.15, 0.2) is 11.5 Å². The zero-order chi connectivity index (χ0) is 19.7. The van der Waals surface area contributed by atoms with Crippen LogP contribution >= 0.6 is 0 Å². The third-order valence-corrected chi connectivity index (χ3v) is 4.72. The summed E-state index contributed by atoms with van der Waals surface area (Å²) in [4.78, 5) is 24.6. The van der Waals surface area contributed by atoms with Crippen molar-refractivity contribution in [2.75, 3.05) is 13.1 Å². The molecule has 0 aliphatic carbocycles. The van der Waals surface area contributed by atoms with Crippen LogP contribution in [0, 0.1) is 5.41 Å². The molecule has 0 saturated carbocycles. The Kier molecular flexibility index (Phi) is 5.53. The van der Waals surface area contributed by atoms with Gasteiger partial charge in [-0.25, -0.2) is 0 Å². The van der Waals surface area contributed by atoms with E-state index in [1.807, 2.05) is 19.9 Å². The first kappa shape index (κ1) is 20.1. The van der Waals surface area contributed by atoms with Gasteiger partial charge in [-0.05, 0) is 37.0 Å². The van der Waals surface area contributed by atoms with Gasteiger partial charge in [0.1, 0.15) is 5.75 Å². The molecule has 2 atom stereocenters. The first-order chi connectivity index (χ1) is 12.0. The molecule has 1 fully saturated rings. The zero-order valence-corrected chi connectivity index (χ0v) is 14.8. The van der Waals surface area contributed by atoms with E-state index in [2.05, 4.69) is 0 Å². The lowest BCUT2D eigenvalue weighted by atomic mass is 9.86. The molecule has 1 amide bonds. The molecule has 1 N–H and O–H groups in total. The molecule has 144 valence electrons. The number of carboxylic acids is 1. The number of hydrogen-bond acceptors (Lipinski definition) is 3. The smallest absolute Gasteiger partial charge is 0.406 e. The predicted octanol–water partition coefficient (Wildman–Crippen LogP) is 3.44. The molecule has 1 heterocycles. The maximum absolute atomic E-state index is 13.2. The molecule has 1 aromatic carbocycles. The van der Waals surface area contributed by atoms with E-state index >= 15 is 0 Å². The summed E-state index contributed by atoms with van der Waals surface area (Å²) >= 11 is 0. The van der Waals surface area contributed by atoms with Crippen LogP contribution in [0.15, 0.2) is 24.3 Å². The van der Waals surface area contributed by atoms with Crippen molar-refractivity contribution in [1.29, 1.82) is 0 Å². The van der Waals surface area contributed by atoms with Gasteiger partial charge in [-0.1, -0.05) is 26.0 Å². The van der Waals surface area contributed by atoms with E-state index in [1.165, 1.54) is 6.92 Å². The van der Waals surface area contributed by atoms with Gasteiger partial charge in [0.25, 0.3) is 5.91 Å². The van der Waals surface area contributed by atoms with E-state index < -0.39 is 42.5 Å². The molecule has 8 heteroatoms. The van der Waals surface area contributed by atoms with Crippen molar-refractivity contribution < 1.29 is 32.6 Å². The van der Waals surface area contributed by atoms with Crippen molar-refractivity contribution in [2.45, 2.75) is 45.4 Å². The highest BCUT2D eigenvalue weighted by Gasteiger charge is 2.64. The molecule has 0 aromatic heterocycles. The monoisotopic (exact) mass is 373 g/mol. The molecule has 1 saturated heterocycles. The van der Waals surface area contributed by atoms with Gasteiger partial charge >= 0.3 is 12.1 Å². The number of alkyl halides is 3. The van der Waals surface area contributed by atoms with E-state index in [-0.39, 0.29) is 12.5 Å². The number of benzene rings is 1. The van der Waals surface area contributed by atoms with E-state index in [0.717, 1.165) is 10.5 Å². The Morgan fingerprint density at radius 1 is 1.27 bits per heavy atom. The molecular formula is C18H22F3NO4. The Morgan fingerprint density at radius 3 is 2.42 bits per heavy atom. The van der Waals surface area contributed by atoms with Gasteiger partial charge in [-0.3, -0.25) is 9.59 Å². The third-order valence-electron chi connectivity index (χ3n) is 4.72. The second kappa shape index (κ2) is 7.17. The van der Waals surface area contributed by atoms with Crippen LogP contribution in [0.4, 0.5) is 13.2 Å². The summed E-state index contributed by atoms with van der Waals surface area (Å²) in [7, 11) is 0. The number of ether oxygens (including phenoxy) is 1. The Balaban J connectivity index is 2.10. The summed E-state index contributed by atoms with van der Waals surface area (Å²) in [5, 5.41) is 9.07. The number of aliphatic carboxylic acids is 1. The zero-order valence-electron chi connectivity index (χ0n) is 14.8. The second-order valence-corrected chi connectivity index (χ2v) is 6.88. The SMILES string of the molecule is CC(Oc1cccc(C(C)C)c1)C(=O)N1CCC(C(=O)O)(C(F)(F)F)C1. The van der Waals surface area contributed by atoms with Crippen molar-refractivity contribution in [3.05, 3.63) is 29.8 Å². The molecule has 1 aliphatic rings. The molecule has 2 unspecified atom stereocenters. The van der Waals surface area contributed by atoms with Gasteiger partial charge in [0.05, 0.1) is 0 Å². The van der Waals surface area contributed by atoms with Crippen LogP contribution in [0.1, 0.15) is 38.7 Å². The number of halogens is 3. The Labute approximate surface area is 149 Å². The number of likely N-dealkylation sites (tertiary alicyclic amines) is 1. The Bertz CT molecular complexity index is 689. The quantitative estimate of drug-likeness (QED) is 0.859. The fraction of sp³-hybridized carbons (Fsp3) is 0.556. The highest BCUT2D eigenvalue weighted by Crippen LogP contribution is 2.45. The third kappa shape index (κ3) is 3.78. The molecule has 5 nitrogen and oxygen atoms in total. The highest BCUT2D eigenvalue weighted by atomic mass is 19.4. The summed E-state index contributed by atoms with van der Waals surface area (Å²) in [6, 6.07) is 7.12. The molecule has 0 spiro atoms. The minimum Gasteiger partial charge on any atom is -0.481 e. The van der Waals surface area contributed by atoms with Crippen molar-refractivity contribution in [2.24, 2.45) is 5.41 Å². The van der Waals surface area contributed by atoms with Crippen molar-refractivity contribution >= 4 is 11.9 Å². The Hall–Kier alpha value is -2.25. The number of nitrogens with zero attached hydrogens (tertiary/aromatic N) is 1. The van der Waals surface area contributed by atoms with Crippen molar-refractivity contribution in [3.63, 3.8) is 0 Å². The number of amides is 1. The van der Waals surface area contributed by atoms with Gasteiger partial charge in [-0.15, -0.1) is 0 Å². The number of carbonyl (C=O) groups is 2. The van der Waals surface area contributed by atoms with Crippen molar-refractivity contribution in [1.82, 2.24) is 4.90 Å². The maximum Gasteiger partial charge on any atom is 0.406 e. The van der Waals surface area contributed by atoms with Crippen LogP contribution in [0.5, 0.6) is 5.75 Å². The lowest BCUT2D eigenvalue weighted by molar-refractivity contribution is -0.227. The molecule has 0 bridgehead atoms. The van der Waals surface area contributed by atoms with Crippen LogP contribution in [0.2, 0.25) is 0 Å². The second-order valence-electron chi connectivity index (χ2n) is 6.88. The standard InChI is InChI=1S/C18H22F3NO4/c1-11(2)13-5-4-6-14(9-13)26-12(3)15(23)22-8-7-17(10-22,16(24)25)18(19,20)21/h4-6,9,11-12H,7-8,10H2,1-3H3,(H,24,25). The normalized spacial score (nSPS) is 21.7. The number of hydrogen-bond donors (Lipinski definition) is 1. The van der Waals surface area contributed by atoms with Crippen LogP contribution in [0.3, 0.4) is 0 Å². The number of carbonyl (C=O) groups excluding carboxylic acids is 1. The van der Waals surface area contributed by atoms with Gasteiger partial charge in [-0.2, -0.15) is 13.2 Å². The van der Waals surface area contributed by atoms with E-state index in [0.29, 0.717) is 5.75 Å². The molecule has 26 heavy (non-hydrogen) atoms. The van der Waals surface area contributed by atoms with Crippen LogP contribution in [-0.4, -0.2) is 47.3 Å². The topological polar surface area (TPSA) is 66.8 Å². The first-order valence-corrected chi connectivity index (χ1v) is 8.33. The summed E-state index contributed by atoms with van der Waals surface area (Å²) in [6.07, 6.45) is -6.60. The minimum absolute atomic E-state index is 0.256. The average Bonchev–Trinajstić information content (AvgIpc) is 3.01. The van der Waals surface area contributed by atoms with Gasteiger partial charge in [0, 0.05) is 13.1 Å². The molecule has 1 aromatic rings. The number of rotatable bonds is 5. The largest absolute Gasteiger partial charge is 0.481 e. The van der Waals surface area contributed by atoms with Crippen LogP contribution in [-0.2, 0) is 9.59 Å². The first-order valence-electron chi connectivity index (χ1n) is 8.33. The van der Waals surface area contributed by atoms with E-state index in [1.54, 1.807) is 18.2 Å². The maximum atomic E-state index is 13.2. The van der Waals surface area contributed by atoms with Crippen LogP contribution < -0.4 is 4.74 Å². The van der Waals surface area contributed by atoms with E-state index in [4.69, 9.17) is 9.84 Å². The molecular weight excluding hydrogens is 351 g/mol.